The van der Waals surface area contributed by atoms with E-state index in [2.05, 4.69) is 5.32 Å². The number of hydrogen-bond donors (Lipinski definition) is 2. The number of carbonyl (C=O) groups excluding carboxylic acids is 4. The van der Waals surface area contributed by atoms with E-state index in [4.69, 9.17) is 10.5 Å². The van der Waals surface area contributed by atoms with E-state index in [1.165, 1.54) is 9.80 Å². The Morgan fingerprint density at radius 1 is 1.12 bits per heavy atom. The number of anilines is 1. The largest absolute Gasteiger partial charge is 0.449 e. The van der Waals surface area contributed by atoms with Crippen LogP contribution in [-0.4, -0.2) is 65.3 Å². The molecule has 2 heterocycles. The van der Waals surface area contributed by atoms with Gasteiger partial charge < -0.3 is 20.7 Å². The lowest BCUT2D eigenvalue weighted by molar-refractivity contribution is -0.137. The molecule has 0 aromatic heterocycles. The summed E-state index contributed by atoms with van der Waals surface area (Å²) in [5.74, 6) is -0.697. The molecule has 9 heteroatoms. The summed E-state index contributed by atoms with van der Waals surface area (Å²) < 4.78 is 5.27. The summed E-state index contributed by atoms with van der Waals surface area (Å²) in [5, 5.41) is 2.81. The SMILES string of the molecule is CC(C)COC(=O)N1CC(=O)C2C1=CCN2C(=O)C(CC(C)C)NC(=O)c1ccc(N)cc1. The Morgan fingerprint density at radius 2 is 1.79 bits per heavy atom. The quantitative estimate of drug-likeness (QED) is 0.607. The van der Waals surface area contributed by atoms with Crippen molar-refractivity contribution >= 4 is 29.4 Å². The van der Waals surface area contributed by atoms with Crippen LogP contribution in [0.3, 0.4) is 0 Å². The fourth-order valence-corrected chi connectivity index (χ4v) is 3.97. The lowest BCUT2D eigenvalue weighted by atomic mass is 10.0. The van der Waals surface area contributed by atoms with Crippen LogP contribution in [0.5, 0.6) is 0 Å². The zero-order chi connectivity index (χ0) is 24.3. The zero-order valence-corrected chi connectivity index (χ0v) is 19.5. The third-order valence-corrected chi connectivity index (χ3v) is 5.55. The molecular formula is C24H32N4O5. The van der Waals surface area contributed by atoms with Gasteiger partial charge in [-0.25, -0.2) is 4.79 Å². The lowest BCUT2D eigenvalue weighted by Crippen LogP contribution is -2.52. The minimum Gasteiger partial charge on any atom is -0.449 e. The van der Waals surface area contributed by atoms with Gasteiger partial charge in [0, 0.05) is 17.8 Å². The van der Waals surface area contributed by atoms with E-state index in [1.807, 2.05) is 27.7 Å². The second kappa shape index (κ2) is 10.1. The Balaban J connectivity index is 1.73. The molecule has 3 rings (SSSR count). The molecule has 3 amide bonds. The number of nitrogens with two attached hydrogens (primary N) is 1. The molecule has 2 unspecified atom stereocenters. The van der Waals surface area contributed by atoms with Crippen molar-refractivity contribution in [2.24, 2.45) is 11.8 Å². The van der Waals surface area contributed by atoms with Crippen molar-refractivity contribution < 1.29 is 23.9 Å². The minimum atomic E-state index is -0.841. The molecule has 0 bridgehead atoms. The number of nitrogens with zero attached hydrogens (tertiary/aromatic N) is 2. The third kappa shape index (κ3) is 5.53. The summed E-state index contributed by atoms with van der Waals surface area (Å²) in [7, 11) is 0. The fourth-order valence-electron chi connectivity index (χ4n) is 3.97. The number of likely N-dealkylation sites (tertiary alicyclic amines) is 1. The first-order valence-corrected chi connectivity index (χ1v) is 11.2. The van der Waals surface area contributed by atoms with Crippen molar-refractivity contribution in [2.45, 2.75) is 46.2 Å². The molecular weight excluding hydrogens is 424 g/mol. The standard InChI is InChI=1S/C24H32N4O5/c1-14(2)11-18(26-22(30)16-5-7-17(25)8-6-16)23(31)27-10-9-19-21(27)20(29)12-28(19)24(32)33-13-15(3)4/h5-9,14-15,18,21H,10-13,25H2,1-4H3,(H,26,30). The first-order valence-electron chi connectivity index (χ1n) is 11.2. The maximum absolute atomic E-state index is 13.5. The van der Waals surface area contributed by atoms with Gasteiger partial charge in [-0.05, 0) is 48.6 Å². The predicted octanol–water partition coefficient (Wildman–Crippen LogP) is 2.19. The number of nitrogens with one attached hydrogen (secondary N) is 1. The van der Waals surface area contributed by atoms with Crippen LogP contribution in [0.25, 0.3) is 0 Å². The Morgan fingerprint density at radius 3 is 2.39 bits per heavy atom. The maximum atomic E-state index is 13.5. The number of carbonyl (C=O) groups is 4. The summed E-state index contributed by atoms with van der Waals surface area (Å²) in [5.41, 5.74) is 7.08. The highest BCUT2D eigenvalue weighted by Gasteiger charge is 2.48. The van der Waals surface area contributed by atoms with Gasteiger partial charge in [0.1, 0.15) is 12.1 Å². The van der Waals surface area contributed by atoms with E-state index in [0.717, 1.165) is 0 Å². The highest BCUT2D eigenvalue weighted by Crippen LogP contribution is 2.30. The monoisotopic (exact) mass is 456 g/mol. The number of ether oxygens (including phenoxy) is 1. The number of Topliss-reactive ketones (excluding diaryl/α,β-unsaturated/α-hetero) is 1. The smallest absolute Gasteiger partial charge is 0.414 e. The molecule has 1 saturated heterocycles. The Hall–Kier alpha value is -3.36. The number of benzene rings is 1. The molecule has 9 nitrogen and oxygen atoms in total. The second-order valence-corrected chi connectivity index (χ2v) is 9.32. The lowest BCUT2D eigenvalue weighted by Gasteiger charge is -2.28. The normalized spacial score (nSPS) is 18.4. The van der Waals surface area contributed by atoms with E-state index < -0.39 is 24.1 Å². The van der Waals surface area contributed by atoms with Gasteiger partial charge in [-0.15, -0.1) is 0 Å². The van der Waals surface area contributed by atoms with Gasteiger partial charge in [0.2, 0.25) is 5.91 Å². The molecule has 2 aliphatic heterocycles. The summed E-state index contributed by atoms with van der Waals surface area (Å²) in [6, 6.07) is 4.78. The number of amides is 3. The van der Waals surface area contributed by atoms with Gasteiger partial charge >= 0.3 is 6.09 Å². The van der Waals surface area contributed by atoms with E-state index in [1.54, 1.807) is 30.3 Å². The van der Waals surface area contributed by atoms with Gasteiger partial charge in [0.15, 0.2) is 5.78 Å². The van der Waals surface area contributed by atoms with Gasteiger partial charge in [0.25, 0.3) is 5.91 Å². The molecule has 0 saturated carbocycles. The Labute approximate surface area is 193 Å². The van der Waals surface area contributed by atoms with Crippen LogP contribution in [0.15, 0.2) is 36.0 Å². The molecule has 1 aromatic rings. The van der Waals surface area contributed by atoms with Crippen LogP contribution in [0.2, 0.25) is 0 Å². The number of fused-ring (bicyclic) bond motifs is 1. The topological polar surface area (TPSA) is 122 Å². The molecule has 0 aliphatic carbocycles. The zero-order valence-electron chi connectivity index (χ0n) is 19.5. The molecule has 33 heavy (non-hydrogen) atoms. The predicted molar refractivity (Wildman–Crippen MR) is 123 cm³/mol. The van der Waals surface area contributed by atoms with Crippen molar-refractivity contribution in [1.82, 2.24) is 15.1 Å². The molecule has 2 aliphatic rings. The number of hydrogen-bond acceptors (Lipinski definition) is 6. The molecule has 0 radical (unpaired) electrons. The van der Waals surface area contributed by atoms with Gasteiger partial charge in [-0.2, -0.15) is 0 Å². The van der Waals surface area contributed by atoms with Gasteiger partial charge in [0.05, 0.1) is 18.8 Å². The first-order chi connectivity index (χ1) is 15.6. The molecule has 178 valence electrons. The van der Waals surface area contributed by atoms with Crippen molar-refractivity contribution in [2.75, 3.05) is 25.4 Å². The average molecular weight is 457 g/mol. The molecule has 0 spiro atoms. The number of rotatable bonds is 7. The average Bonchev–Trinajstić information content (AvgIpc) is 3.32. The van der Waals surface area contributed by atoms with Crippen molar-refractivity contribution in [3.05, 3.63) is 41.6 Å². The van der Waals surface area contributed by atoms with Crippen molar-refractivity contribution in [1.29, 1.82) is 0 Å². The summed E-state index contributed by atoms with van der Waals surface area (Å²) in [6.07, 6.45) is 1.53. The molecule has 3 N–H and O–H groups in total. The fraction of sp³-hybridized carbons (Fsp3) is 0.500. The summed E-state index contributed by atoms with van der Waals surface area (Å²) in [6.45, 7) is 8.06. The van der Waals surface area contributed by atoms with Crippen LogP contribution in [0, 0.1) is 11.8 Å². The van der Waals surface area contributed by atoms with E-state index in [0.29, 0.717) is 23.4 Å². The number of ketones is 1. The van der Waals surface area contributed by atoms with Crippen molar-refractivity contribution in [3.8, 4) is 0 Å². The molecule has 1 aromatic carbocycles. The number of nitrogen functional groups attached to an aromatic ring is 1. The van der Waals surface area contributed by atoms with Crippen LogP contribution >= 0.6 is 0 Å². The second-order valence-electron chi connectivity index (χ2n) is 9.32. The van der Waals surface area contributed by atoms with Crippen LogP contribution < -0.4 is 11.1 Å². The van der Waals surface area contributed by atoms with Gasteiger partial charge in [-0.3, -0.25) is 19.3 Å². The van der Waals surface area contributed by atoms with Crippen LogP contribution in [-0.2, 0) is 14.3 Å². The van der Waals surface area contributed by atoms with E-state index in [-0.39, 0.29) is 43.2 Å². The van der Waals surface area contributed by atoms with Crippen LogP contribution in [0.4, 0.5) is 10.5 Å². The molecule has 1 fully saturated rings. The Kier molecular flexibility index (Phi) is 7.40. The Bertz CT molecular complexity index is 954. The summed E-state index contributed by atoms with van der Waals surface area (Å²) >= 11 is 0. The van der Waals surface area contributed by atoms with Crippen LogP contribution in [0.1, 0.15) is 44.5 Å². The van der Waals surface area contributed by atoms with E-state index in [9.17, 15) is 19.2 Å². The first kappa shape index (κ1) is 24.3. The summed E-state index contributed by atoms with van der Waals surface area (Å²) in [4.78, 5) is 54.2. The molecule has 2 atom stereocenters. The highest BCUT2D eigenvalue weighted by molar-refractivity contribution is 6.02. The van der Waals surface area contributed by atoms with Gasteiger partial charge in [-0.1, -0.05) is 27.7 Å². The highest BCUT2D eigenvalue weighted by atomic mass is 16.6. The van der Waals surface area contributed by atoms with E-state index >= 15 is 0 Å². The van der Waals surface area contributed by atoms with Crippen molar-refractivity contribution in [3.63, 3.8) is 0 Å². The minimum absolute atomic E-state index is 0.127. The maximum Gasteiger partial charge on any atom is 0.414 e. The third-order valence-electron chi connectivity index (χ3n) is 5.55.